The summed E-state index contributed by atoms with van der Waals surface area (Å²) < 4.78 is 32.8. The SMILES string of the molecule is Cc1ccc(S(=O)(=O)N2CCN(Cc3nc(-c4ccccc4Cl)no3)CC2)cc1C. The van der Waals surface area contributed by atoms with Gasteiger partial charge in [0.05, 0.1) is 16.5 Å². The van der Waals surface area contributed by atoms with Crippen molar-refractivity contribution in [3.05, 3.63) is 64.5 Å². The molecule has 4 rings (SSSR count). The molecule has 0 spiro atoms. The number of halogens is 1. The summed E-state index contributed by atoms with van der Waals surface area (Å²) in [6, 6.07) is 12.6. The molecule has 1 aromatic heterocycles. The van der Waals surface area contributed by atoms with Crippen LogP contribution in [0.15, 0.2) is 51.9 Å². The number of benzene rings is 2. The zero-order chi connectivity index (χ0) is 21.3. The molecular weight excluding hydrogens is 424 g/mol. The molecule has 2 heterocycles. The molecule has 0 atom stereocenters. The van der Waals surface area contributed by atoms with Gasteiger partial charge in [-0.05, 0) is 49.2 Å². The van der Waals surface area contributed by atoms with E-state index in [1.807, 2.05) is 38.1 Å². The topological polar surface area (TPSA) is 79.5 Å². The predicted octanol–water partition coefficient (Wildman–Crippen LogP) is 3.51. The molecule has 0 bridgehead atoms. The average molecular weight is 447 g/mol. The number of aryl methyl sites for hydroxylation is 2. The largest absolute Gasteiger partial charge is 0.338 e. The van der Waals surface area contributed by atoms with Crippen LogP contribution in [0.4, 0.5) is 0 Å². The first-order valence-electron chi connectivity index (χ1n) is 9.72. The van der Waals surface area contributed by atoms with Gasteiger partial charge in [0.15, 0.2) is 0 Å². The van der Waals surface area contributed by atoms with Crippen molar-refractivity contribution in [2.24, 2.45) is 0 Å². The molecule has 30 heavy (non-hydrogen) atoms. The third-order valence-corrected chi connectivity index (χ3v) is 7.61. The van der Waals surface area contributed by atoms with Crippen molar-refractivity contribution in [2.45, 2.75) is 25.3 Å². The Labute approximate surface area is 181 Å². The second-order valence-electron chi connectivity index (χ2n) is 7.42. The fourth-order valence-electron chi connectivity index (χ4n) is 3.41. The molecule has 0 amide bonds. The van der Waals surface area contributed by atoms with E-state index >= 15 is 0 Å². The highest BCUT2D eigenvalue weighted by atomic mass is 35.5. The first-order chi connectivity index (χ1) is 14.3. The molecule has 1 aliphatic rings. The van der Waals surface area contributed by atoms with Crippen LogP contribution in [0.25, 0.3) is 11.4 Å². The third kappa shape index (κ3) is 4.27. The summed E-state index contributed by atoms with van der Waals surface area (Å²) >= 11 is 6.19. The fraction of sp³-hybridized carbons (Fsp3) is 0.333. The molecule has 0 unspecified atom stereocenters. The summed E-state index contributed by atoms with van der Waals surface area (Å²) in [5.41, 5.74) is 2.77. The van der Waals surface area contributed by atoms with Gasteiger partial charge >= 0.3 is 0 Å². The van der Waals surface area contributed by atoms with Gasteiger partial charge in [-0.2, -0.15) is 9.29 Å². The number of sulfonamides is 1. The lowest BCUT2D eigenvalue weighted by Crippen LogP contribution is -2.48. The van der Waals surface area contributed by atoms with Gasteiger partial charge < -0.3 is 4.52 Å². The van der Waals surface area contributed by atoms with Crippen LogP contribution in [0.5, 0.6) is 0 Å². The van der Waals surface area contributed by atoms with Crippen molar-refractivity contribution in [1.82, 2.24) is 19.3 Å². The van der Waals surface area contributed by atoms with Crippen LogP contribution in [0, 0.1) is 13.8 Å². The van der Waals surface area contributed by atoms with Gasteiger partial charge in [-0.15, -0.1) is 0 Å². The summed E-state index contributed by atoms with van der Waals surface area (Å²) in [6.45, 7) is 6.38. The van der Waals surface area contributed by atoms with Gasteiger partial charge in [-0.1, -0.05) is 35.0 Å². The first kappa shape index (κ1) is 21.0. The predicted molar refractivity (Wildman–Crippen MR) is 115 cm³/mol. The monoisotopic (exact) mass is 446 g/mol. The minimum atomic E-state index is -3.49. The highest BCUT2D eigenvalue weighted by Crippen LogP contribution is 2.25. The molecule has 158 valence electrons. The van der Waals surface area contributed by atoms with E-state index in [2.05, 4.69) is 15.0 Å². The van der Waals surface area contributed by atoms with Gasteiger partial charge in [0.2, 0.25) is 21.7 Å². The third-order valence-electron chi connectivity index (χ3n) is 5.39. The number of piperazine rings is 1. The van der Waals surface area contributed by atoms with Crippen LogP contribution in [0.3, 0.4) is 0 Å². The van der Waals surface area contributed by atoms with Gasteiger partial charge in [0.1, 0.15) is 0 Å². The molecule has 1 fully saturated rings. The van der Waals surface area contributed by atoms with E-state index in [0.717, 1.165) is 16.7 Å². The maximum absolute atomic E-state index is 13.0. The van der Waals surface area contributed by atoms with Crippen LogP contribution >= 0.6 is 11.6 Å². The van der Waals surface area contributed by atoms with Crippen molar-refractivity contribution in [1.29, 1.82) is 0 Å². The maximum Gasteiger partial charge on any atom is 0.243 e. The minimum absolute atomic E-state index is 0.348. The van der Waals surface area contributed by atoms with Crippen molar-refractivity contribution < 1.29 is 12.9 Å². The molecular formula is C21H23ClN4O3S. The van der Waals surface area contributed by atoms with E-state index in [-0.39, 0.29) is 0 Å². The lowest BCUT2D eigenvalue weighted by atomic mass is 10.1. The van der Waals surface area contributed by atoms with Gasteiger partial charge in [0.25, 0.3) is 0 Å². The molecule has 3 aromatic rings. The van der Waals surface area contributed by atoms with E-state index in [9.17, 15) is 8.42 Å². The van der Waals surface area contributed by atoms with E-state index in [0.29, 0.717) is 54.4 Å². The van der Waals surface area contributed by atoms with E-state index in [4.69, 9.17) is 16.1 Å². The number of hydrogen-bond donors (Lipinski definition) is 0. The first-order valence-corrected chi connectivity index (χ1v) is 11.5. The summed E-state index contributed by atoms with van der Waals surface area (Å²) in [7, 11) is -3.49. The van der Waals surface area contributed by atoms with Crippen LogP contribution in [0.1, 0.15) is 17.0 Å². The van der Waals surface area contributed by atoms with Crippen LogP contribution in [0.2, 0.25) is 5.02 Å². The Balaban J connectivity index is 1.39. The highest BCUT2D eigenvalue weighted by molar-refractivity contribution is 7.89. The van der Waals surface area contributed by atoms with E-state index < -0.39 is 10.0 Å². The Morgan fingerprint density at radius 3 is 2.47 bits per heavy atom. The van der Waals surface area contributed by atoms with Crippen LogP contribution in [-0.2, 0) is 16.6 Å². The maximum atomic E-state index is 13.0. The van der Waals surface area contributed by atoms with Crippen molar-refractivity contribution in [3.63, 3.8) is 0 Å². The Hall–Kier alpha value is -2.26. The van der Waals surface area contributed by atoms with E-state index in [1.54, 1.807) is 18.2 Å². The lowest BCUT2D eigenvalue weighted by Gasteiger charge is -2.33. The lowest BCUT2D eigenvalue weighted by molar-refractivity contribution is 0.163. The number of rotatable bonds is 5. The van der Waals surface area contributed by atoms with Crippen molar-refractivity contribution in [2.75, 3.05) is 26.2 Å². The fourth-order valence-corrected chi connectivity index (χ4v) is 5.14. The van der Waals surface area contributed by atoms with Gasteiger partial charge in [0, 0.05) is 31.7 Å². The van der Waals surface area contributed by atoms with Crippen LogP contribution < -0.4 is 0 Å². The Kier molecular flexibility index (Phi) is 5.92. The van der Waals surface area contributed by atoms with Crippen LogP contribution in [-0.4, -0.2) is 53.9 Å². The highest BCUT2D eigenvalue weighted by Gasteiger charge is 2.29. The zero-order valence-electron chi connectivity index (χ0n) is 16.9. The Bertz CT molecular complexity index is 1150. The summed E-state index contributed by atoms with van der Waals surface area (Å²) in [5.74, 6) is 0.932. The summed E-state index contributed by atoms with van der Waals surface area (Å²) in [5, 5.41) is 4.58. The summed E-state index contributed by atoms with van der Waals surface area (Å²) in [4.78, 5) is 6.89. The second-order valence-corrected chi connectivity index (χ2v) is 9.76. The second kappa shape index (κ2) is 8.47. The molecule has 1 aliphatic heterocycles. The van der Waals surface area contributed by atoms with Gasteiger partial charge in [-0.25, -0.2) is 8.42 Å². The zero-order valence-corrected chi connectivity index (χ0v) is 18.4. The van der Waals surface area contributed by atoms with Gasteiger partial charge in [-0.3, -0.25) is 4.90 Å². The average Bonchev–Trinajstić information content (AvgIpc) is 3.19. The molecule has 2 aromatic carbocycles. The summed E-state index contributed by atoms with van der Waals surface area (Å²) in [6.07, 6.45) is 0. The minimum Gasteiger partial charge on any atom is -0.338 e. The number of nitrogens with zero attached hydrogens (tertiary/aromatic N) is 4. The number of aromatic nitrogens is 2. The smallest absolute Gasteiger partial charge is 0.243 e. The molecule has 0 aliphatic carbocycles. The number of hydrogen-bond acceptors (Lipinski definition) is 6. The van der Waals surface area contributed by atoms with Crippen molar-refractivity contribution >= 4 is 21.6 Å². The Morgan fingerprint density at radius 2 is 1.77 bits per heavy atom. The molecule has 0 radical (unpaired) electrons. The van der Waals surface area contributed by atoms with E-state index in [1.165, 1.54) is 4.31 Å². The molecule has 1 saturated heterocycles. The standard InChI is InChI=1S/C21H23ClN4O3S/c1-15-7-8-17(13-16(15)2)30(27,28)26-11-9-25(10-12-26)14-20-23-21(24-29-20)18-5-3-4-6-19(18)22/h3-8,13H,9-12,14H2,1-2H3. The molecule has 0 saturated carbocycles. The Morgan fingerprint density at radius 1 is 1.03 bits per heavy atom. The quantitative estimate of drug-likeness (QED) is 0.596. The molecule has 7 nitrogen and oxygen atoms in total. The van der Waals surface area contributed by atoms with Crippen molar-refractivity contribution in [3.8, 4) is 11.4 Å². The molecule has 9 heteroatoms. The molecule has 0 N–H and O–H groups in total. The normalized spacial score (nSPS) is 16.1.